The molecule has 7 nitrogen and oxygen atoms in total. The van der Waals surface area contributed by atoms with Crippen LogP contribution in [0, 0.1) is 0 Å². The highest BCUT2D eigenvalue weighted by atomic mass is 35.5. The Kier molecular flexibility index (Phi) is 7.80. The summed E-state index contributed by atoms with van der Waals surface area (Å²) in [7, 11) is 1.62. The van der Waals surface area contributed by atoms with Gasteiger partial charge in [-0.2, -0.15) is 5.10 Å². The van der Waals surface area contributed by atoms with Crippen molar-refractivity contribution in [3.05, 3.63) is 74.5 Å². The number of amides is 1. The van der Waals surface area contributed by atoms with E-state index in [1.54, 1.807) is 30.2 Å². The normalized spacial score (nSPS) is 11.3. The number of para-hydroxylation sites is 1. The van der Waals surface area contributed by atoms with E-state index >= 15 is 0 Å². The number of thioether (sulfide) groups is 1. The molecular weight excluding hydrogens is 537 g/mol. The smallest absolute Gasteiger partial charge is 0.291 e. The Morgan fingerprint density at radius 1 is 1.21 bits per heavy atom. The van der Waals surface area contributed by atoms with Gasteiger partial charge < -0.3 is 10.5 Å². The van der Waals surface area contributed by atoms with Gasteiger partial charge in [-0.1, -0.05) is 58.7 Å². The summed E-state index contributed by atoms with van der Waals surface area (Å²) in [4.78, 5) is 20.9. The first-order valence-electron chi connectivity index (χ1n) is 9.66. The van der Waals surface area contributed by atoms with Crippen molar-refractivity contribution in [1.29, 1.82) is 0 Å². The summed E-state index contributed by atoms with van der Waals surface area (Å²) in [5, 5.41) is 3.76. The summed E-state index contributed by atoms with van der Waals surface area (Å²) >= 11 is 21.1. The molecule has 4 aromatic rings. The molecule has 0 aliphatic carbocycles. The summed E-state index contributed by atoms with van der Waals surface area (Å²) in [5.74, 6) is 0.725. The number of fused-ring (bicyclic) bond motifs is 1. The second kappa shape index (κ2) is 10.8. The number of nitrogens with one attached hydrogen (secondary N) is 1. The number of benzene rings is 2. The molecule has 0 saturated carbocycles. The zero-order chi connectivity index (χ0) is 24.2. The van der Waals surface area contributed by atoms with Crippen LogP contribution in [0.15, 0.2) is 51.9 Å². The molecule has 174 valence electrons. The molecule has 34 heavy (non-hydrogen) atoms. The fraction of sp³-hybridized carbons (Fsp3) is 0.0909. The fourth-order valence-corrected chi connectivity index (χ4v) is 5.58. The third-order valence-electron chi connectivity index (χ3n) is 4.60. The number of anilines is 1. The zero-order valence-electron chi connectivity index (χ0n) is 17.5. The molecule has 1 amide bonds. The number of nitrogen functional groups attached to an aromatic ring is 1. The van der Waals surface area contributed by atoms with Crippen molar-refractivity contribution in [3.63, 3.8) is 0 Å². The number of thiazole rings is 1. The van der Waals surface area contributed by atoms with E-state index in [0.29, 0.717) is 5.75 Å². The molecule has 0 atom stereocenters. The van der Waals surface area contributed by atoms with E-state index in [-0.39, 0.29) is 26.6 Å². The largest absolute Gasteiger partial charge is 0.496 e. The predicted octanol–water partition coefficient (Wildman–Crippen LogP) is 6.30. The number of nitrogens with two attached hydrogens (primary N) is 1. The van der Waals surface area contributed by atoms with Crippen LogP contribution in [0.1, 0.15) is 21.6 Å². The number of halogens is 3. The molecule has 2 aromatic carbocycles. The molecule has 0 saturated heterocycles. The lowest BCUT2D eigenvalue weighted by Crippen LogP contribution is -2.20. The fourth-order valence-electron chi connectivity index (χ4n) is 2.94. The van der Waals surface area contributed by atoms with Gasteiger partial charge in [0.05, 0.1) is 34.3 Å². The van der Waals surface area contributed by atoms with E-state index in [4.69, 9.17) is 45.3 Å². The maximum absolute atomic E-state index is 12.4. The van der Waals surface area contributed by atoms with Gasteiger partial charge in [0.1, 0.15) is 10.8 Å². The summed E-state index contributed by atoms with van der Waals surface area (Å²) < 4.78 is 7.61. The van der Waals surface area contributed by atoms with Crippen molar-refractivity contribution in [3.8, 4) is 5.75 Å². The molecule has 0 fully saturated rings. The molecule has 0 bridgehead atoms. The highest BCUT2D eigenvalue weighted by molar-refractivity contribution is 8.00. The first-order chi connectivity index (χ1) is 16.4. The second-order valence-corrected chi connectivity index (χ2v) is 10.2. The Morgan fingerprint density at radius 3 is 2.76 bits per heavy atom. The minimum Gasteiger partial charge on any atom is -0.496 e. The van der Waals surface area contributed by atoms with Crippen LogP contribution in [0.4, 0.5) is 5.69 Å². The Labute approximate surface area is 218 Å². The van der Waals surface area contributed by atoms with Crippen LogP contribution >= 0.6 is 57.9 Å². The lowest BCUT2D eigenvalue weighted by Gasteiger charge is -2.09. The molecule has 0 unspecified atom stereocenters. The van der Waals surface area contributed by atoms with Gasteiger partial charge in [-0.3, -0.25) is 4.79 Å². The molecule has 4 rings (SSSR count). The van der Waals surface area contributed by atoms with Gasteiger partial charge in [-0.15, -0.1) is 11.3 Å². The van der Waals surface area contributed by atoms with E-state index in [9.17, 15) is 4.79 Å². The van der Waals surface area contributed by atoms with Crippen molar-refractivity contribution in [2.75, 3.05) is 12.8 Å². The van der Waals surface area contributed by atoms with Gasteiger partial charge in [-0.05, 0) is 35.9 Å². The molecule has 3 N–H and O–H groups in total. The number of carbonyl (C=O) groups is 1. The number of rotatable bonds is 7. The molecule has 0 aliphatic heterocycles. The Bertz CT molecular complexity index is 1380. The van der Waals surface area contributed by atoms with Crippen LogP contribution in [0.3, 0.4) is 0 Å². The van der Waals surface area contributed by atoms with Crippen LogP contribution in [-0.2, 0) is 5.75 Å². The van der Waals surface area contributed by atoms with Crippen LogP contribution in [-0.4, -0.2) is 29.2 Å². The van der Waals surface area contributed by atoms with Crippen molar-refractivity contribution in [2.45, 2.75) is 10.1 Å². The quantitative estimate of drug-likeness (QED) is 0.121. The van der Waals surface area contributed by atoms with Crippen LogP contribution in [0.5, 0.6) is 5.75 Å². The number of pyridine rings is 1. The second-order valence-electron chi connectivity index (χ2n) is 6.80. The molecule has 0 spiro atoms. The number of methoxy groups -OCH3 is 1. The third-order valence-corrected chi connectivity index (χ3v) is 7.96. The van der Waals surface area contributed by atoms with Crippen molar-refractivity contribution < 1.29 is 9.53 Å². The van der Waals surface area contributed by atoms with E-state index in [2.05, 4.69) is 26.6 Å². The first kappa shape index (κ1) is 24.6. The highest BCUT2D eigenvalue weighted by Gasteiger charge is 2.19. The van der Waals surface area contributed by atoms with Gasteiger partial charge >= 0.3 is 0 Å². The predicted molar refractivity (Wildman–Crippen MR) is 141 cm³/mol. The van der Waals surface area contributed by atoms with E-state index in [0.717, 1.165) is 31.4 Å². The molecule has 0 radical (unpaired) electrons. The topological polar surface area (TPSA) is 102 Å². The van der Waals surface area contributed by atoms with Gasteiger partial charge in [-0.25, -0.2) is 15.4 Å². The number of aromatic nitrogens is 2. The molecule has 2 heterocycles. The molecular formula is C22H16Cl3N5O2S2. The van der Waals surface area contributed by atoms with Gasteiger partial charge in [0, 0.05) is 11.3 Å². The molecule has 2 aromatic heterocycles. The van der Waals surface area contributed by atoms with Crippen molar-refractivity contribution >= 4 is 85.9 Å². The third kappa shape index (κ3) is 5.39. The Morgan fingerprint density at radius 2 is 2.00 bits per heavy atom. The van der Waals surface area contributed by atoms with Crippen molar-refractivity contribution in [2.24, 2.45) is 5.10 Å². The van der Waals surface area contributed by atoms with Crippen LogP contribution < -0.4 is 15.9 Å². The number of nitrogens with zero attached hydrogens (tertiary/aromatic N) is 3. The van der Waals surface area contributed by atoms with Gasteiger partial charge in [0.15, 0.2) is 15.2 Å². The van der Waals surface area contributed by atoms with Crippen LogP contribution in [0.25, 0.3) is 10.2 Å². The standard InChI is InChI=1S/C22H16Cl3N5O2S2/c1-32-14-7-6-11(8-12(14)10-33-22-28-13-4-2-3-5-15(13)34-22)9-27-30-21(31)19-16(23)18(26)17(24)20(25)29-19/h2-9H,10H2,1H3,(H2,26,29)(H,30,31)/b27-9-. The van der Waals surface area contributed by atoms with E-state index in [1.165, 1.54) is 6.21 Å². The summed E-state index contributed by atoms with van der Waals surface area (Å²) in [6.07, 6.45) is 1.50. The number of carbonyl (C=O) groups excluding carboxylic acids is 1. The zero-order valence-corrected chi connectivity index (χ0v) is 21.4. The lowest BCUT2D eigenvalue weighted by molar-refractivity contribution is 0.0950. The summed E-state index contributed by atoms with van der Waals surface area (Å²) in [6, 6.07) is 13.6. The van der Waals surface area contributed by atoms with E-state index in [1.807, 2.05) is 36.4 Å². The highest BCUT2D eigenvalue weighted by Crippen LogP contribution is 2.35. The van der Waals surface area contributed by atoms with Crippen molar-refractivity contribution in [1.82, 2.24) is 15.4 Å². The maximum atomic E-state index is 12.4. The first-order valence-corrected chi connectivity index (χ1v) is 12.6. The molecule has 0 aliphatic rings. The SMILES string of the molecule is COc1ccc(/C=N\NC(=O)c2nc(Cl)c(Cl)c(N)c2Cl)cc1CSc1nc2ccccc2s1. The summed E-state index contributed by atoms with van der Waals surface area (Å²) in [6.45, 7) is 0. The maximum Gasteiger partial charge on any atom is 0.291 e. The van der Waals surface area contributed by atoms with Gasteiger partial charge in [0.25, 0.3) is 5.91 Å². The lowest BCUT2D eigenvalue weighted by atomic mass is 10.1. The minimum atomic E-state index is -0.674. The number of hydrogen-bond donors (Lipinski definition) is 2. The summed E-state index contributed by atoms with van der Waals surface area (Å²) in [5.41, 5.74) is 10.6. The van der Waals surface area contributed by atoms with E-state index < -0.39 is 5.91 Å². The number of hydrogen-bond acceptors (Lipinski definition) is 8. The number of hydrazone groups is 1. The molecule has 12 heteroatoms. The average molecular weight is 553 g/mol. The van der Waals surface area contributed by atoms with Gasteiger partial charge in [0.2, 0.25) is 0 Å². The minimum absolute atomic E-state index is 0.0128. The Hall–Kier alpha value is -2.56. The average Bonchev–Trinajstić information content (AvgIpc) is 3.26. The Balaban J connectivity index is 1.46. The monoisotopic (exact) mass is 551 g/mol. The van der Waals surface area contributed by atoms with Crippen LogP contribution in [0.2, 0.25) is 15.2 Å². The number of ether oxygens (including phenoxy) is 1.